The van der Waals surface area contributed by atoms with Crippen molar-refractivity contribution in [2.24, 2.45) is 0 Å². The summed E-state index contributed by atoms with van der Waals surface area (Å²) in [6, 6.07) is 20.5. The predicted octanol–water partition coefficient (Wildman–Crippen LogP) is 7.78. The zero-order valence-corrected chi connectivity index (χ0v) is 24.0. The highest BCUT2D eigenvalue weighted by Crippen LogP contribution is 2.38. The molecule has 216 valence electrons. The van der Waals surface area contributed by atoms with Crippen molar-refractivity contribution in [1.82, 2.24) is 5.32 Å². The summed E-state index contributed by atoms with van der Waals surface area (Å²) < 4.78 is 43.7. The molecule has 6 nitrogen and oxygen atoms in total. The Labute approximate surface area is 245 Å². The number of carboxylic acid groups (broad SMARTS) is 1. The van der Waals surface area contributed by atoms with Crippen LogP contribution in [0.5, 0.6) is 5.75 Å². The third-order valence-corrected chi connectivity index (χ3v) is 7.48. The lowest BCUT2D eigenvalue weighted by atomic mass is 10.1. The van der Waals surface area contributed by atoms with E-state index < -0.39 is 11.5 Å². The van der Waals surface area contributed by atoms with Gasteiger partial charge in [0, 0.05) is 29.2 Å². The molecule has 0 atom stereocenters. The van der Waals surface area contributed by atoms with Gasteiger partial charge in [0.15, 0.2) is 0 Å². The van der Waals surface area contributed by atoms with Crippen molar-refractivity contribution >= 4 is 46.7 Å². The molecule has 0 spiro atoms. The van der Waals surface area contributed by atoms with Crippen LogP contribution in [0.1, 0.15) is 34.8 Å². The summed E-state index contributed by atoms with van der Waals surface area (Å²) in [5.74, 6) is -0.634. The number of nitrogens with one attached hydrogen (secondary N) is 1. The summed E-state index contributed by atoms with van der Waals surface area (Å²) in [7, 11) is 1.60. The molecule has 1 amide bonds. The minimum atomic E-state index is -4.38. The summed E-state index contributed by atoms with van der Waals surface area (Å²) in [6.07, 6.45) is -0.175. The molecule has 2 N–H and O–H groups in total. The lowest BCUT2D eigenvalue weighted by Crippen LogP contribution is -2.26. The first kappa shape index (κ1) is 31.7. The van der Waals surface area contributed by atoms with E-state index in [2.05, 4.69) is 11.9 Å². The standard InChI is InChI=1S/C30H29F3N2O4S2/c1-20(23-8-12-26(39-3)13-9-23)19-40-21(2)35(25-10-14-27(15-11-25)41-30(31,32)33)18-22-4-6-24(7-5-22)29(38)34-17-16-28(36)37/h4-15,19H,2,16-18H2,1,3H3,(H,34,38)(H,36,37)/b20-19+. The van der Waals surface area contributed by atoms with Gasteiger partial charge >= 0.3 is 11.5 Å². The maximum absolute atomic E-state index is 12.8. The van der Waals surface area contributed by atoms with Gasteiger partial charge in [0.05, 0.1) is 18.6 Å². The van der Waals surface area contributed by atoms with Gasteiger partial charge in [-0.05, 0) is 89.3 Å². The van der Waals surface area contributed by atoms with Gasteiger partial charge in [-0.2, -0.15) is 13.2 Å². The summed E-state index contributed by atoms with van der Waals surface area (Å²) in [5, 5.41) is 13.9. The normalized spacial score (nSPS) is 11.6. The summed E-state index contributed by atoms with van der Waals surface area (Å²) in [6.45, 7) is 6.55. The Morgan fingerprint density at radius 3 is 2.17 bits per heavy atom. The zero-order valence-electron chi connectivity index (χ0n) is 22.4. The van der Waals surface area contributed by atoms with Crippen molar-refractivity contribution in [3.05, 3.63) is 107 Å². The monoisotopic (exact) mass is 602 g/mol. The van der Waals surface area contributed by atoms with Crippen LogP contribution in [0, 0.1) is 0 Å². The summed E-state index contributed by atoms with van der Waals surface area (Å²) in [4.78, 5) is 24.9. The van der Waals surface area contributed by atoms with E-state index in [1.54, 1.807) is 43.5 Å². The molecule has 0 saturated heterocycles. The van der Waals surface area contributed by atoms with Crippen molar-refractivity contribution in [1.29, 1.82) is 0 Å². The second kappa shape index (κ2) is 14.7. The Kier molecular flexibility index (Phi) is 11.4. The van der Waals surface area contributed by atoms with E-state index in [1.165, 1.54) is 23.9 Å². The largest absolute Gasteiger partial charge is 0.497 e. The van der Waals surface area contributed by atoms with E-state index in [4.69, 9.17) is 9.84 Å². The second-order valence-corrected chi connectivity index (χ2v) is 10.8. The molecule has 11 heteroatoms. The van der Waals surface area contributed by atoms with Crippen molar-refractivity contribution in [3.63, 3.8) is 0 Å². The van der Waals surface area contributed by atoms with E-state index >= 15 is 0 Å². The molecule has 3 rings (SSSR count). The SMILES string of the molecule is C=C(S/C=C(\C)c1ccc(OC)cc1)N(Cc1ccc(C(=O)NCCC(=O)O)cc1)c1ccc(SC(F)(F)F)cc1. The third kappa shape index (κ3) is 10.3. The topological polar surface area (TPSA) is 78.9 Å². The van der Waals surface area contributed by atoms with E-state index in [9.17, 15) is 22.8 Å². The second-order valence-electron chi connectivity index (χ2n) is 8.77. The number of alkyl halides is 3. The highest BCUT2D eigenvalue weighted by Gasteiger charge is 2.29. The molecule has 0 aliphatic carbocycles. The van der Waals surface area contributed by atoms with Crippen LogP contribution in [0.2, 0.25) is 0 Å². The van der Waals surface area contributed by atoms with Gasteiger partial charge in [0.2, 0.25) is 0 Å². The molecule has 0 bridgehead atoms. The van der Waals surface area contributed by atoms with Crippen LogP contribution in [0.15, 0.2) is 94.7 Å². The molecule has 0 heterocycles. The maximum atomic E-state index is 12.8. The highest BCUT2D eigenvalue weighted by atomic mass is 32.2. The molecule has 0 radical (unpaired) electrons. The quantitative estimate of drug-likeness (QED) is 0.193. The number of hydrogen-bond donors (Lipinski definition) is 2. The fraction of sp³-hybridized carbons (Fsp3) is 0.200. The molecule has 0 aliphatic rings. The van der Waals surface area contributed by atoms with Gasteiger partial charge in [-0.15, -0.1) is 0 Å². The lowest BCUT2D eigenvalue weighted by Gasteiger charge is -2.26. The van der Waals surface area contributed by atoms with E-state index in [-0.39, 0.29) is 35.5 Å². The van der Waals surface area contributed by atoms with Gasteiger partial charge in [0.1, 0.15) is 5.75 Å². The third-order valence-electron chi connectivity index (χ3n) is 5.78. The predicted molar refractivity (Wildman–Crippen MR) is 159 cm³/mol. The number of rotatable bonds is 13. The molecule has 0 saturated carbocycles. The van der Waals surface area contributed by atoms with E-state index in [0.717, 1.165) is 22.4 Å². The fourth-order valence-corrected chi connectivity index (χ4v) is 4.91. The van der Waals surface area contributed by atoms with Crippen LogP contribution in [0.4, 0.5) is 18.9 Å². The number of allylic oxidation sites excluding steroid dienone is 1. The van der Waals surface area contributed by atoms with Gasteiger partial charge in [-0.3, -0.25) is 9.59 Å². The Bertz CT molecular complexity index is 1370. The number of benzene rings is 3. The van der Waals surface area contributed by atoms with Crippen LogP contribution in [0.25, 0.3) is 5.57 Å². The zero-order chi connectivity index (χ0) is 30.0. The molecule has 3 aromatic rings. The molecule has 41 heavy (non-hydrogen) atoms. The fourth-order valence-electron chi connectivity index (χ4n) is 3.62. The van der Waals surface area contributed by atoms with Crippen LogP contribution < -0.4 is 15.0 Å². The maximum Gasteiger partial charge on any atom is 0.446 e. The van der Waals surface area contributed by atoms with Crippen molar-refractivity contribution in [3.8, 4) is 5.75 Å². The summed E-state index contributed by atoms with van der Waals surface area (Å²) >= 11 is 1.21. The smallest absolute Gasteiger partial charge is 0.446 e. The number of carbonyl (C=O) groups is 2. The van der Waals surface area contributed by atoms with Crippen LogP contribution in [-0.4, -0.2) is 36.1 Å². The number of halogens is 3. The molecule has 0 aromatic heterocycles. The van der Waals surface area contributed by atoms with Gasteiger partial charge in [-0.1, -0.05) is 42.6 Å². The van der Waals surface area contributed by atoms with Gasteiger partial charge in [-0.25, -0.2) is 0 Å². The Morgan fingerprint density at radius 1 is 1.00 bits per heavy atom. The number of carboxylic acids is 1. The molecule has 0 unspecified atom stereocenters. The molecular weight excluding hydrogens is 573 g/mol. The average molecular weight is 603 g/mol. The van der Waals surface area contributed by atoms with Crippen molar-refractivity contribution in [2.75, 3.05) is 18.6 Å². The number of ether oxygens (including phenoxy) is 1. The number of nitrogens with zero attached hydrogens (tertiary/aromatic N) is 1. The molecule has 0 aliphatic heterocycles. The van der Waals surface area contributed by atoms with Gasteiger partial charge < -0.3 is 20.1 Å². The minimum Gasteiger partial charge on any atom is -0.497 e. The number of thioether (sulfide) groups is 2. The van der Waals surface area contributed by atoms with E-state index in [1.807, 2.05) is 41.5 Å². The van der Waals surface area contributed by atoms with Crippen molar-refractivity contribution < 1.29 is 32.6 Å². The van der Waals surface area contributed by atoms with E-state index in [0.29, 0.717) is 22.8 Å². The van der Waals surface area contributed by atoms with Crippen LogP contribution in [0.3, 0.4) is 0 Å². The van der Waals surface area contributed by atoms with Crippen LogP contribution in [-0.2, 0) is 11.3 Å². The first-order chi connectivity index (χ1) is 19.4. The molecule has 0 fully saturated rings. The highest BCUT2D eigenvalue weighted by molar-refractivity contribution is 8.06. The Hall–Kier alpha value is -3.83. The first-order valence-corrected chi connectivity index (χ1v) is 14.0. The number of amides is 1. The number of hydrogen-bond acceptors (Lipinski definition) is 6. The molecular formula is C30H29F3N2O4S2. The first-order valence-electron chi connectivity index (χ1n) is 12.3. The van der Waals surface area contributed by atoms with Crippen molar-refractivity contribution in [2.45, 2.75) is 30.3 Å². The lowest BCUT2D eigenvalue weighted by molar-refractivity contribution is -0.136. The number of anilines is 1. The number of methoxy groups -OCH3 is 1. The number of carbonyl (C=O) groups excluding carboxylic acids is 1. The average Bonchev–Trinajstić information content (AvgIpc) is 2.94. The van der Waals surface area contributed by atoms with Crippen LogP contribution >= 0.6 is 23.5 Å². The minimum absolute atomic E-state index is 0.0207. The number of aliphatic carboxylic acids is 1. The Morgan fingerprint density at radius 2 is 1.61 bits per heavy atom. The summed E-state index contributed by atoms with van der Waals surface area (Å²) in [5.41, 5.74) is -0.521. The van der Waals surface area contributed by atoms with Gasteiger partial charge in [0.25, 0.3) is 5.91 Å². The Balaban J connectivity index is 1.79. The molecule has 3 aromatic carbocycles.